The maximum absolute atomic E-state index is 13.0. The molecule has 1 saturated heterocycles. The molecule has 1 aromatic rings. The highest BCUT2D eigenvalue weighted by molar-refractivity contribution is 9.10. The van der Waals surface area contributed by atoms with Gasteiger partial charge in [-0.3, -0.25) is 4.90 Å². The van der Waals surface area contributed by atoms with Gasteiger partial charge >= 0.3 is 0 Å². The predicted octanol–water partition coefficient (Wildman–Crippen LogP) is 2.15. The average Bonchev–Trinajstić information content (AvgIpc) is 2.58. The normalized spacial score (nSPS) is 22.2. The van der Waals surface area contributed by atoms with Crippen LogP contribution in [0.25, 0.3) is 0 Å². The largest absolute Gasteiger partial charge is 0.392 e. The Labute approximate surface area is 96.8 Å². The fourth-order valence-corrected chi connectivity index (χ4v) is 2.23. The third-order valence-corrected chi connectivity index (χ3v) is 3.42. The van der Waals surface area contributed by atoms with Crippen LogP contribution in [-0.4, -0.2) is 29.2 Å². The van der Waals surface area contributed by atoms with Crippen molar-refractivity contribution in [3.05, 3.63) is 34.1 Å². The number of aliphatic hydroxyl groups excluding tert-OH is 1. The van der Waals surface area contributed by atoms with Crippen molar-refractivity contribution in [3.63, 3.8) is 0 Å². The fourth-order valence-electron chi connectivity index (χ4n) is 1.86. The van der Waals surface area contributed by atoms with Crippen LogP contribution >= 0.6 is 15.9 Å². The number of nitrogens with zero attached hydrogens (tertiary/aromatic N) is 1. The number of hydrogen-bond donors (Lipinski definition) is 1. The SMILES string of the molecule is OC1CCN(Cc2cc(F)ccc2Br)C1. The van der Waals surface area contributed by atoms with Crippen molar-refractivity contribution >= 4 is 15.9 Å². The lowest BCUT2D eigenvalue weighted by molar-refractivity contribution is 0.174. The quantitative estimate of drug-likeness (QED) is 0.893. The zero-order chi connectivity index (χ0) is 10.8. The van der Waals surface area contributed by atoms with E-state index in [4.69, 9.17) is 0 Å². The Morgan fingerprint density at radius 1 is 1.53 bits per heavy atom. The molecule has 1 N–H and O–H groups in total. The van der Waals surface area contributed by atoms with E-state index < -0.39 is 0 Å². The van der Waals surface area contributed by atoms with Crippen LogP contribution in [0.15, 0.2) is 22.7 Å². The molecule has 1 atom stereocenters. The van der Waals surface area contributed by atoms with Crippen molar-refractivity contribution in [2.24, 2.45) is 0 Å². The van der Waals surface area contributed by atoms with Crippen LogP contribution in [0.3, 0.4) is 0 Å². The number of rotatable bonds is 2. The van der Waals surface area contributed by atoms with Crippen molar-refractivity contribution in [1.82, 2.24) is 4.90 Å². The van der Waals surface area contributed by atoms with Gasteiger partial charge in [0.2, 0.25) is 0 Å². The molecule has 1 unspecified atom stereocenters. The molecule has 1 heterocycles. The molecule has 2 rings (SSSR count). The summed E-state index contributed by atoms with van der Waals surface area (Å²) in [7, 11) is 0. The van der Waals surface area contributed by atoms with E-state index in [-0.39, 0.29) is 11.9 Å². The van der Waals surface area contributed by atoms with Crippen molar-refractivity contribution in [1.29, 1.82) is 0 Å². The lowest BCUT2D eigenvalue weighted by Crippen LogP contribution is -2.21. The van der Waals surface area contributed by atoms with Crippen molar-refractivity contribution in [2.75, 3.05) is 13.1 Å². The Morgan fingerprint density at radius 2 is 2.33 bits per heavy atom. The van der Waals surface area contributed by atoms with Gasteiger partial charge in [-0.2, -0.15) is 0 Å². The Hall–Kier alpha value is -0.450. The standard InChI is InChI=1S/C11H13BrFNO/c12-11-2-1-9(13)5-8(11)6-14-4-3-10(15)7-14/h1-2,5,10,15H,3-4,6-7H2. The third-order valence-electron chi connectivity index (χ3n) is 2.65. The molecule has 0 bridgehead atoms. The van der Waals surface area contributed by atoms with Gasteiger partial charge < -0.3 is 5.11 Å². The molecule has 15 heavy (non-hydrogen) atoms. The van der Waals surface area contributed by atoms with Crippen LogP contribution < -0.4 is 0 Å². The highest BCUT2D eigenvalue weighted by Gasteiger charge is 2.20. The summed E-state index contributed by atoms with van der Waals surface area (Å²) in [5.74, 6) is -0.215. The lowest BCUT2D eigenvalue weighted by atomic mass is 10.2. The summed E-state index contributed by atoms with van der Waals surface area (Å²) in [4.78, 5) is 2.13. The zero-order valence-electron chi connectivity index (χ0n) is 8.29. The second-order valence-electron chi connectivity index (χ2n) is 3.91. The molecular formula is C11H13BrFNO. The van der Waals surface area contributed by atoms with Gasteiger partial charge in [-0.25, -0.2) is 4.39 Å². The Kier molecular flexibility index (Phi) is 3.38. The fraction of sp³-hybridized carbons (Fsp3) is 0.455. The minimum absolute atomic E-state index is 0.215. The van der Waals surface area contributed by atoms with Crippen LogP contribution in [0.1, 0.15) is 12.0 Å². The Morgan fingerprint density at radius 3 is 3.00 bits per heavy atom. The summed E-state index contributed by atoms with van der Waals surface area (Å²) in [5.41, 5.74) is 0.934. The van der Waals surface area contributed by atoms with E-state index in [1.54, 1.807) is 6.07 Å². The first kappa shape index (κ1) is 11.0. The van der Waals surface area contributed by atoms with Gasteiger partial charge in [-0.1, -0.05) is 15.9 Å². The van der Waals surface area contributed by atoms with Gasteiger partial charge in [0.25, 0.3) is 0 Å². The molecule has 1 aromatic carbocycles. The van der Waals surface area contributed by atoms with Crippen molar-refractivity contribution in [2.45, 2.75) is 19.1 Å². The molecular weight excluding hydrogens is 261 g/mol. The lowest BCUT2D eigenvalue weighted by Gasteiger charge is -2.15. The number of aliphatic hydroxyl groups is 1. The monoisotopic (exact) mass is 273 g/mol. The van der Waals surface area contributed by atoms with E-state index in [2.05, 4.69) is 20.8 Å². The third kappa shape index (κ3) is 2.77. The molecule has 82 valence electrons. The molecule has 1 fully saturated rings. The number of likely N-dealkylation sites (tertiary alicyclic amines) is 1. The molecule has 2 nitrogen and oxygen atoms in total. The molecule has 0 radical (unpaired) electrons. The van der Waals surface area contributed by atoms with E-state index in [0.29, 0.717) is 13.1 Å². The average molecular weight is 274 g/mol. The van der Waals surface area contributed by atoms with Crippen LogP contribution in [0, 0.1) is 5.82 Å². The van der Waals surface area contributed by atoms with E-state index in [1.165, 1.54) is 12.1 Å². The first-order valence-corrected chi connectivity index (χ1v) is 5.79. The van der Waals surface area contributed by atoms with E-state index in [9.17, 15) is 9.50 Å². The maximum Gasteiger partial charge on any atom is 0.123 e. The minimum atomic E-state index is -0.225. The number of benzene rings is 1. The highest BCUT2D eigenvalue weighted by Crippen LogP contribution is 2.21. The van der Waals surface area contributed by atoms with Crippen LogP contribution in [0.5, 0.6) is 0 Å². The van der Waals surface area contributed by atoms with Gasteiger partial charge in [-0.15, -0.1) is 0 Å². The van der Waals surface area contributed by atoms with Gasteiger partial charge in [0.05, 0.1) is 6.10 Å². The molecule has 0 amide bonds. The number of β-amino-alcohol motifs (C(OH)–C–C–N with tert-alkyl or cyclic N) is 1. The van der Waals surface area contributed by atoms with Gasteiger partial charge in [0, 0.05) is 24.1 Å². The molecule has 1 aliphatic rings. The second-order valence-corrected chi connectivity index (χ2v) is 4.77. The number of halogens is 2. The summed E-state index contributed by atoms with van der Waals surface area (Å²) in [5, 5.41) is 9.37. The molecule has 4 heteroatoms. The Bertz CT molecular complexity index is 358. The molecule has 0 saturated carbocycles. The summed E-state index contributed by atoms with van der Waals surface area (Å²) in [6, 6.07) is 4.69. The van der Waals surface area contributed by atoms with Gasteiger partial charge in [0.1, 0.15) is 5.82 Å². The van der Waals surface area contributed by atoms with Gasteiger partial charge in [-0.05, 0) is 30.2 Å². The highest BCUT2D eigenvalue weighted by atomic mass is 79.9. The first-order valence-electron chi connectivity index (χ1n) is 4.99. The van der Waals surface area contributed by atoms with Crippen LogP contribution in [-0.2, 0) is 6.54 Å². The number of hydrogen-bond acceptors (Lipinski definition) is 2. The molecule has 0 spiro atoms. The summed E-state index contributed by atoms with van der Waals surface area (Å²) >= 11 is 3.40. The van der Waals surface area contributed by atoms with Crippen molar-refractivity contribution in [3.8, 4) is 0 Å². The van der Waals surface area contributed by atoms with Crippen LogP contribution in [0.4, 0.5) is 4.39 Å². The van der Waals surface area contributed by atoms with Crippen LogP contribution in [0.2, 0.25) is 0 Å². The molecule has 0 aromatic heterocycles. The second kappa shape index (κ2) is 4.60. The topological polar surface area (TPSA) is 23.5 Å². The van der Waals surface area contributed by atoms with Gasteiger partial charge in [0.15, 0.2) is 0 Å². The summed E-state index contributed by atoms with van der Waals surface area (Å²) in [6.07, 6.45) is 0.588. The Balaban J connectivity index is 2.07. The summed E-state index contributed by atoms with van der Waals surface area (Å²) in [6.45, 7) is 2.25. The summed E-state index contributed by atoms with van der Waals surface area (Å²) < 4.78 is 13.9. The zero-order valence-corrected chi connectivity index (χ0v) is 9.87. The first-order chi connectivity index (χ1) is 7.15. The molecule has 1 aliphatic heterocycles. The predicted molar refractivity (Wildman–Crippen MR) is 60.0 cm³/mol. The van der Waals surface area contributed by atoms with E-state index in [1.807, 2.05) is 0 Å². The smallest absolute Gasteiger partial charge is 0.123 e. The van der Waals surface area contributed by atoms with E-state index in [0.717, 1.165) is 23.0 Å². The molecule has 0 aliphatic carbocycles. The van der Waals surface area contributed by atoms with E-state index >= 15 is 0 Å². The maximum atomic E-state index is 13.0. The van der Waals surface area contributed by atoms with Crippen molar-refractivity contribution < 1.29 is 9.50 Å². The minimum Gasteiger partial charge on any atom is -0.392 e.